The number of hydrogen-bond acceptors (Lipinski definition) is 0. The van der Waals surface area contributed by atoms with E-state index >= 15 is 0 Å². The van der Waals surface area contributed by atoms with Gasteiger partial charge in [0.1, 0.15) is 0 Å². The number of rotatable bonds is 5. The monoisotopic (exact) mass is 376 g/mol. The van der Waals surface area contributed by atoms with E-state index in [1.165, 1.54) is 51.4 Å². The Labute approximate surface area is 142 Å². The van der Waals surface area contributed by atoms with Crippen molar-refractivity contribution in [2.24, 2.45) is 0 Å². The van der Waals surface area contributed by atoms with Gasteiger partial charge >= 0.3 is 0 Å². The van der Waals surface area contributed by atoms with Crippen LogP contribution in [-0.4, -0.2) is 23.9 Å². The maximum absolute atomic E-state index is 4.96. The third kappa shape index (κ3) is 122. The van der Waals surface area contributed by atoms with Crippen molar-refractivity contribution in [1.29, 1.82) is 0 Å². The molecule has 0 aliphatic carbocycles. The van der Waals surface area contributed by atoms with Crippen LogP contribution >= 0.6 is 0 Å². The molecular weight excluding hydrogens is 335 g/mol. The van der Waals surface area contributed by atoms with E-state index in [4.69, 9.17) is 6.42 Å². The van der Waals surface area contributed by atoms with E-state index in [0.717, 1.165) is 6.42 Å². The summed E-state index contributed by atoms with van der Waals surface area (Å²) in [6, 6.07) is 0. The molecule has 0 rings (SSSR count). The first kappa shape index (κ1) is 31.6. The molecule has 0 bridgehead atoms. The normalized spacial score (nSPS) is 7.05. The van der Waals surface area contributed by atoms with Crippen molar-refractivity contribution >= 4 is 23.9 Å². The summed E-state index contributed by atoms with van der Waals surface area (Å²) in [5, 5.41) is 0. The Bertz CT molecular complexity index is 97.8. The van der Waals surface area contributed by atoms with Gasteiger partial charge in [-0.15, -0.1) is 12.3 Å². The molecule has 0 unspecified atom stereocenters. The molecule has 116 valence electrons. The van der Waals surface area contributed by atoms with E-state index in [0.29, 0.717) is 0 Å². The van der Waals surface area contributed by atoms with Crippen LogP contribution in [0.2, 0.25) is 0 Å². The van der Waals surface area contributed by atoms with Crippen molar-refractivity contribution in [2.45, 2.75) is 106 Å². The zero-order valence-electron chi connectivity index (χ0n) is 14.9. The first-order chi connectivity index (χ1) is 8.66. The second kappa shape index (κ2) is 51.6. The summed E-state index contributed by atoms with van der Waals surface area (Å²) in [4.78, 5) is 0. The molecule has 0 saturated carbocycles. The molecule has 0 aromatic carbocycles. The van der Waals surface area contributed by atoms with Crippen molar-refractivity contribution in [2.75, 3.05) is 0 Å². The van der Waals surface area contributed by atoms with Gasteiger partial charge in [0, 0.05) is 30.3 Å². The van der Waals surface area contributed by atoms with Gasteiger partial charge in [-0.1, -0.05) is 93.4 Å². The molecule has 0 aromatic rings. The Kier molecular flexibility index (Phi) is 85.9. The quantitative estimate of drug-likeness (QED) is 0.280. The molecular formula is C18H40Sn. The maximum Gasteiger partial charge on any atom is 0.00859 e. The van der Waals surface area contributed by atoms with Crippen LogP contribution in [0.25, 0.3) is 0 Å². The van der Waals surface area contributed by atoms with E-state index in [-0.39, 0.29) is 23.9 Å². The van der Waals surface area contributed by atoms with Gasteiger partial charge in [0.15, 0.2) is 0 Å². The van der Waals surface area contributed by atoms with E-state index in [1.807, 2.05) is 0 Å². The molecule has 0 N–H and O–H groups in total. The van der Waals surface area contributed by atoms with Gasteiger partial charge in [-0.2, -0.15) is 0 Å². The zero-order valence-corrected chi connectivity index (χ0v) is 17.8. The molecule has 0 heterocycles. The summed E-state index contributed by atoms with van der Waals surface area (Å²) >= 11 is 0. The van der Waals surface area contributed by atoms with Crippen molar-refractivity contribution in [1.82, 2.24) is 0 Å². The van der Waals surface area contributed by atoms with Crippen LogP contribution in [0.5, 0.6) is 0 Å². The third-order valence-corrected chi connectivity index (χ3v) is 2.17. The van der Waals surface area contributed by atoms with Crippen LogP contribution in [0.1, 0.15) is 106 Å². The summed E-state index contributed by atoms with van der Waals surface area (Å²) in [5.74, 6) is 2.57. The molecule has 0 aliphatic heterocycles. The van der Waals surface area contributed by atoms with Crippen LogP contribution in [0.4, 0.5) is 0 Å². The van der Waals surface area contributed by atoms with Crippen LogP contribution in [0.3, 0.4) is 0 Å². The van der Waals surface area contributed by atoms with E-state index < -0.39 is 0 Å². The van der Waals surface area contributed by atoms with Crippen molar-refractivity contribution in [3.8, 4) is 12.3 Å². The molecule has 0 amide bonds. The minimum atomic E-state index is 0. The average molecular weight is 375 g/mol. The topological polar surface area (TPSA) is 0 Å². The van der Waals surface area contributed by atoms with Gasteiger partial charge in [0.2, 0.25) is 0 Å². The minimum absolute atomic E-state index is 0. The van der Waals surface area contributed by atoms with Gasteiger partial charge in [0.05, 0.1) is 0 Å². The van der Waals surface area contributed by atoms with E-state index in [1.54, 1.807) is 0 Å². The molecule has 19 heavy (non-hydrogen) atoms. The molecule has 1 heteroatoms. The summed E-state index contributed by atoms with van der Waals surface area (Å²) < 4.78 is 0. The Morgan fingerprint density at radius 2 is 0.842 bits per heavy atom. The van der Waals surface area contributed by atoms with E-state index in [9.17, 15) is 0 Å². The fraction of sp³-hybridized carbons (Fsp3) is 0.889. The summed E-state index contributed by atoms with van der Waals surface area (Å²) in [7, 11) is 0. The molecule has 0 aromatic heterocycles. The van der Waals surface area contributed by atoms with Gasteiger partial charge in [-0.3, -0.25) is 0 Å². The van der Waals surface area contributed by atoms with Crippen molar-refractivity contribution in [3.63, 3.8) is 0 Å². The van der Waals surface area contributed by atoms with Crippen LogP contribution < -0.4 is 0 Å². The maximum atomic E-state index is 4.96. The fourth-order valence-corrected chi connectivity index (χ4v) is 0.279. The number of unbranched alkanes of at least 4 members (excludes halogenated alkanes) is 5. The Morgan fingerprint density at radius 3 is 0.895 bits per heavy atom. The van der Waals surface area contributed by atoms with Crippen LogP contribution in [-0.2, 0) is 0 Å². The second-order valence-corrected chi connectivity index (χ2v) is 4.31. The molecule has 0 fully saturated rings. The molecule has 4 radical (unpaired) electrons. The summed E-state index contributed by atoms with van der Waals surface area (Å²) in [6.45, 7) is 15.2. The SMILES string of the molecule is C#CCCCC.CCCC.CCCC.CCCC.[Sn]. The van der Waals surface area contributed by atoms with Gasteiger partial charge in [0.25, 0.3) is 0 Å². The van der Waals surface area contributed by atoms with Gasteiger partial charge in [-0.05, 0) is 6.42 Å². The Balaban J connectivity index is -0.0000000459. The van der Waals surface area contributed by atoms with Crippen LogP contribution in [0, 0.1) is 12.3 Å². The summed E-state index contributed by atoms with van der Waals surface area (Å²) in [6.07, 6.45) is 16.2. The minimum Gasteiger partial charge on any atom is -0.120 e. The number of terminal acetylenes is 1. The smallest absolute Gasteiger partial charge is 0.00859 e. The predicted molar refractivity (Wildman–Crippen MR) is 95.9 cm³/mol. The molecule has 0 saturated heterocycles. The third-order valence-electron chi connectivity index (χ3n) is 2.17. The Morgan fingerprint density at radius 1 is 0.579 bits per heavy atom. The molecule has 0 nitrogen and oxygen atoms in total. The van der Waals surface area contributed by atoms with Crippen LogP contribution in [0.15, 0.2) is 0 Å². The van der Waals surface area contributed by atoms with Crippen molar-refractivity contribution in [3.05, 3.63) is 0 Å². The first-order valence-corrected chi connectivity index (χ1v) is 8.09. The standard InChI is InChI=1S/C6H10.3C4H10.Sn/c1-3-5-6-4-2;3*1-3-4-2;/h1H,4-6H2,2H3;3*3-4H2,1-2H3;. The van der Waals surface area contributed by atoms with Gasteiger partial charge in [-0.25, -0.2) is 0 Å². The summed E-state index contributed by atoms with van der Waals surface area (Å²) in [5.41, 5.74) is 0. The first-order valence-electron chi connectivity index (χ1n) is 8.09. The second-order valence-electron chi connectivity index (χ2n) is 4.31. The predicted octanol–water partition coefficient (Wildman–Crippen LogP) is 6.85. The largest absolute Gasteiger partial charge is 0.120 e. The average Bonchev–Trinajstić information content (AvgIpc) is 2.45. The molecule has 0 spiro atoms. The number of hydrogen-bond donors (Lipinski definition) is 0. The zero-order chi connectivity index (χ0) is 15.1. The Hall–Kier alpha value is 0.359. The van der Waals surface area contributed by atoms with E-state index in [2.05, 4.69) is 54.4 Å². The fourth-order valence-electron chi connectivity index (χ4n) is 0.279. The van der Waals surface area contributed by atoms with Gasteiger partial charge < -0.3 is 0 Å². The van der Waals surface area contributed by atoms with Crippen molar-refractivity contribution < 1.29 is 0 Å². The molecule has 0 atom stereocenters. The molecule has 0 aliphatic rings.